The van der Waals surface area contributed by atoms with Crippen LogP contribution in [0.5, 0.6) is 5.88 Å². The molecule has 0 amide bonds. The third-order valence-electron chi connectivity index (χ3n) is 2.90. The maximum Gasteiger partial charge on any atom is 0.218 e. The van der Waals surface area contributed by atoms with Gasteiger partial charge in [-0.3, -0.25) is 0 Å². The van der Waals surface area contributed by atoms with Crippen LogP contribution in [-0.4, -0.2) is 18.1 Å². The highest BCUT2D eigenvalue weighted by molar-refractivity contribution is 5.28. The predicted octanol–water partition coefficient (Wildman–Crippen LogP) is 3.57. The average molecular weight is 250 g/mol. The van der Waals surface area contributed by atoms with E-state index in [1.165, 1.54) is 0 Å². The van der Waals surface area contributed by atoms with Crippen molar-refractivity contribution in [1.29, 1.82) is 0 Å². The van der Waals surface area contributed by atoms with Crippen LogP contribution in [0.25, 0.3) is 0 Å². The van der Waals surface area contributed by atoms with Crippen molar-refractivity contribution in [3.63, 3.8) is 0 Å². The van der Waals surface area contributed by atoms with Crippen LogP contribution in [0.4, 0.5) is 0 Å². The summed E-state index contributed by atoms with van der Waals surface area (Å²) in [6.45, 7) is 10.5. The lowest BCUT2D eigenvalue weighted by Crippen LogP contribution is -2.20. The van der Waals surface area contributed by atoms with E-state index in [4.69, 9.17) is 4.74 Å². The van der Waals surface area contributed by atoms with Crippen molar-refractivity contribution in [2.24, 2.45) is 5.92 Å². The summed E-state index contributed by atoms with van der Waals surface area (Å²) in [6, 6.07) is 4.34. The smallest absolute Gasteiger partial charge is 0.218 e. The van der Waals surface area contributed by atoms with Crippen LogP contribution in [0.1, 0.15) is 52.1 Å². The maximum absolute atomic E-state index is 5.80. The minimum atomic E-state index is 0.285. The molecule has 0 radical (unpaired) electrons. The first-order valence-corrected chi connectivity index (χ1v) is 6.96. The number of aromatic nitrogens is 1. The Kier molecular flexibility index (Phi) is 6.73. The number of nitrogens with one attached hydrogen (secondary N) is 1. The summed E-state index contributed by atoms with van der Waals surface area (Å²) in [4.78, 5) is 4.34. The third kappa shape index (κ3) is 5.05. The fraction of sp³-hybridized carbons (Fsp3) is 0.667. The molecule has 0 aliphatic rings. The highest BCUT2D eigenvalue weighted by Gasteiger charge is 2.11. The fourth-order valence-corrected chi connectivity index (χ4v) is 1.72. The van der Waals surface area contributed by atoms with Gasteiger partial charge >= 0.3 is 0 Å². The van der Waals surface area contributed by atoms with E-state index < -0.39 is 0 Å². The van der Waals surface area contributed by atoms with Crippen LogP contribution in [0.3, 0.4) is 0 Å². The molecule has 0 saturated carbocycles. The lowest BCUT2D eigenvalue weighted by molar-refractivity contribution is 0.274. The standard InChI is InChI=1S/C15H26N2O/c1-5-9-16-13(4)14-7-6-10-17-15(14)18-11-8-12(2)3/h6-7,10,12-13,16H,5,8-9,11H2,1-4H3. The van der Waals surface area contributed by atoms with Crippen LogP contribution in [0.15, 0.2) is 18.3 Å². The van der Waals surface area contributed by atoms with Gasteiger partial charge in [0.15, 0.2) is 0 Å². The lowest BCUT2D eigenvalue weighted by atomic mass is 10.1. The molecule has 18 heavy (non-hydrogen) atoms. The van der Waals surface area contributed by atoms with Gasteiger partial charge in [0, 0.05) is 17.8 Å². The quantitative estimate of drug-likeness (QED) is 0.766. The Labute approximate surface area is 111 Å². The molecule has 1 unspecified atom stereocenters. The molecule has 1 aromatic heterocycles. The van der Waals surface area contributed by atoms with E-state index in [9.17, 15) is 0 Å². The molecule has 0 aliphatic heterocycles. The van der Waals surface area contributed by atoms with Crippen molar-refractivity contribution in [2.45, 2.75) is 46.6 Å². The molecule has 1 atom stereocenters. The molecule has 0 fully saturated rings. The van der Waals surface area contributed by atoms with Gasteiger partial charge in [0.25, 0.3) is 0 Å². The summed E-state index contributed by atoms with van der Waals surface area (Å²) >= 11 is 0. The summed E-state index contributed by atoms with van der Waals surface area (Å²) in [7, 11) is 0. The van der Waals surface area contributed by atoms with Crippen molar-refractivity contribution < 1.29 is 4.74 Å². The van der Waals surface area contributed by atoms with E-state index in [0.29, 0.717) is 5.92 Å². The summed E-state index contributed by atoms with van der Waals surface area (Å²) in [5.74, 6) is 1.43. The number of nitrogens with zero attached hydrogens (tertiary/aromatic N) is 1. The van der Waals surface area contributed by atoms with Crippen LogP contribution in [0, 0.1) is 5.92 Å². The summed E-state index contributed by atoms with van der Waals surface area (Å²) in [5.41, 5.74) is 1.15. The molecule has 0 saturated heterocycles. The minimum Gasteiger partial charge on any atom is -0.477 e. The number of hydrogen-bond donors (Lipinski definition) is 1. The molecule has 1 heterocycles. The molecule has 3 heteroatoms. The highest BCUT2D eigenvalue weighted by Crippen LogP contribution is 2.22. The van der Waals surface area contributed by atoms with Crippen LogP contribution < -0.4 is 10.1 Å². The second kappa shape index (κ2) is 8.09. The van der Waals surface area contributed by atoms with Crippen molar-refractivity contribution in [2.75, 3.05) is 13.2 Å². The van der Waals surface area contributed by atoms with E-state index in [1.54, 1.807) is 6.20 Å². The molecule has 1 aromatic rings. The number of ether oxygens (including phenoxy) is 1. The van der Waals surface area contributed by atoms with Crippen LogP contribution in [0.2, 0.25) is 0 Å². The van der Waals surface area contributed by atoms with Gasteiger partial charge in [-0.05, 0) is 38.3 Å². The molecule has 3 nitrogen and oxygen atoms in total. The Morgan fingerprint density at radius 3 is 2.78 bits per heavy atom. The third-order valence-corrected chi connectivity index (χ3v) is 2.90. The number of pyridine rings is 1. The van der Waals surface area contributed by atoms with Gasteiger partial charge in [-0.15, -0.1) is 0 Å². The van der Waals surface area contributed by atoms with Gasteiger partial charge in [0.2, 0.25) is 5.88 Å². The number of hydrogen-bond acceptors (Lipinski definition) is 3. The highest BCUT2D eigenvalue weighted by atomic mass is 16.5. The summed E-state index contributed by atoms with van der Waals surface area (Å²) in [5, 5.41) is 3.47. The first-order valence-electron chi connectivity index (χ1n) is 6.96. The Bertz CT molecular complexity index is 339. The van der Waals surface area contributed by atoms with Crippen molar-refractivity contribution >= 4 is 0 Å². The van der Waals surface area contributed by atoms with Gasteiger partial charge in [0.1, 0.15) is 0 Å². The SMILES string of the molecule is CCCNC(C)c1cccnc1OCCC(C)C. The predicted molar refractivity (Wildman–Crippen MR) is 75.9 cm³/mol. The van der Waals surface area contributed by atoms with Crippen molar-refractivity contribution in [3.8, 4) is 5.88 Å². The van der Waals surface area contributed by atoms with E-state index in [2.05, 4.69) is 44.1 Å². The molecule has 102 valence electrons. The zero-order valence-corrected chi connectivity index (χ0v) is 12.1. The summed E-state index contributed by atoms with van der Waals surface area (Å²) in [6.07, 6.45) is 3.99. The van der Waals surface area contributed by atoms with Crippen LogP contribution >= 0.6 is 0 Å². The summed E-state index contributed by atoms with van der Waals surface area (Å²) < 4.78 is 5.80. The van der Waals surface area contributed by atoms with Gasteiger partial charge in [-0.1, -0.05) is 26.8 Å². The van der Waals surface area contributed by atoms with Gasteiger partial charge in [-0.25, -0.2) is 4.98 Å². The first-order chi connectivity index (χ1) is 8.65. The molecule has 0 aromatic carbocycles. The second-order valence-electron chi connectivity index (χ2n) is 5.10. The number of rotatable bonds is 8. The second-order valence-corrected chi connectivity index (χ2v) is 5.10. The van der Waals surface area contributed by atoms with Gasteiger partial charge in [0.05, 0.1) is 6.61 Å². The molecule has 1 N–H and O–H groups in total. The Balaban J connectivity index is 2.60. The van der Waals surface area contributed by atoms with E-state index in [-0.39, 0.29) is 6.04 Å². The molecule has 0 bridgehead atoms. The topological polar surface area (TPSA) is 34.2 Å². The van der Waals surface area contributed by atoms with E-state index >= 15 is 0 Å². The van der Waals surface area contributed by atoms with E-state index in [0.717, 1.165) is 37.4 Å². The first kappa shape index (κ1) is 15.0. The molecule has 0 aliphatic carbocycles. The molecule has 1 rings (SSSR count). The Hall–Kier alpha value is -1.09. The van der Waals surface area contributed by atoms with E-state index in [1.807, 2.05) is 6.07 Å². The van der Waals surface area contributed by atoms with Crippen LogP contribution in [-0.2, 0) is 0 Å². The Morgan fingerprint density at radius 2 is 2.11 bits per heavy atom. The van der Waals surface area contributed by atoms with Crippen molar-refractivity contribution in [3.05, 3.63) is 23.9 Å². The largest absolute Gasteiger partial charge is 0.477 e. The lowest BCUT2D eigenvalue weighted by Gasteiger charge is -2.17. The fourth-order valence-electron chi connectivity index (χ4n) is 1.72. The zero-order valence-electron chi connectivity index (χ0n) is 12.1. The van der Waals surface area contributed by atoms with Gasteiger partial charge < -0.3 is 10.1 Å². The normalized spacial score (nSPS) is 12.7. The maximum atomic E-state index is 5.80. The molecular formula is C15H26N2O. The van der Waals surface area contributed by atoms with Gasteiger partial charge in [-0.2, -0.15) is 0 Å². The van der Waals surface area contributed by atoms with Crippen molar-refractivity contribution in [1.82, 2.24) is 10.3 Å². The molecular weight excluding hydrogens is 224 g/mol. The minimum absolute atomic E-state index is 0.285. The zero-order chi connectivity index (χ0) is 13.4. The Morgan fingerprint density at radius 1 is 1.33 bits per heavy atom. The average Bonchev–Trinajstić information content (AvgIpc) is 2.36. The molecule has 0 spiro atoms. The monoisotopic (exact) mass is 250 g/mol.